The summed E-state index contributed by atoms with van der Waals surface area (Å²) in [5.74, 6) is 0.685. The molecule has 13 heavy (non-hydrogen) atoms. The van der Waals surface area contributed by atoms with Gasteiger partial charge in [0, 0.05) is 10.1 Å². The van der Waals surface area contributed by atoms with Gasteiger partial charge in [-0.15, -0.1) is 0 Å². The SMILES string of the molecule is C=C(C)/C=C(\C(=C)Br)c1cnco1. The summed E-state index contributed by atoms with van der Waals surface area (Å²) in [6.45, 7) is 9.48. The molecule has 0 bridgehead atoms. The summed E-state index contributed by atoms with van der Waals surface area (Å²) in [6.07, 6.45) is 4.91. The van der Waals surface area contributed by atoms with Crippen LogP contribution in [-0.2, 0) is 0 Å². The Balaban J connectivity index is 3.08. The van der Waals surface area contributed by atoms with E-state index in [1.807, 2.05) is 13.0 Å². The smallest absolute Gasteiger partial charge is 0.181 e. The Hall–Kier alpha value is -1.09. The van der Waals surface area contributed by atoms with E-state index in [0.29, 0.717) is 5.76 Å². The highest BCUT2D eigenvalue weighted by Gasteiger charge is 2.06. The average Bonchev–Trinajstić information content (AvgIpc) is 2.50. The zero-order valence-electron chi connectivity index (χ0n) is 7.38. The van der Waals surface area contributed by atoms with Crippen LogP contribution in [0.5, 0.6) is 0 Å². The molecule has 0 N–H and O–H groups in total. The van der Waals surface area contributed by atoms with E-state index in [1.54, 1.807) is 6.20 Å². The molecule has 1 aromatic rings. The molecule has 0 aliphatic carbocycles. The molecule has 3 heteroatoms. The minimum Gasteiger partial charge on any atom is -0.443 e. The van der Waals surface area contributed by atoms with Gasteiger partial charge < -0.3 is 4.42 Å². The molecule has 0 amide bonds. The Bertz CT molecular complexity index is 349. The Labute approximate surface area is 85.8 Å². The number of hydrogen-bond acceptors (Lipinski definition) is 2. The topological polar surface area (TPSA) is 26.0 Å². The van der Waals surface area contributed by atoms with Crippen LogP contribution in [0.2, 0.25) is 0 Å². The fourth-order valence-corrected chi connectivity index (χ4v) is 1.19. The van der Waals surface area contributed by atoms with E-state index in [2.05, 4.69) is 34.1 Å². The van der Waals surface area contributed by atoms with Gasteiger partial charge in [0.05, 0.1) is 6.20 Å². The predicted molar refractivity (Wildman–Crippen MR) is 57.4 cm³/mol. The van der Waals surface area contributed by atoms with Crippen molar-refractivity contribution in [1.82, 2.24) is 4.98 Å². The number of halogens is 1. The summed E-state index contributed by atoms with van der Waals surface area (Å²) in [5.41, 5.74) is 1.80. The molecule has 0 unspecified atom stereocenters. The maximum atomic E-state index is 5.15. The van der Waals surface area contributed by atoms with Gasteiger partial charge in [0.1, 0.15) is 0 Å². The van der Waals surface area contributed by atoms with Crippen molar-refractivity contribution in [3.05, 3.63) is 47.6 Å². The van der Waals surface area contributed by atoms with Crippen LogP contribution in [0.1, 0.15) is 12.7 Å². The van der Waals surface area contributed by atoms with Crippen molar-refractivity contribution in [2.24, 2.45) is 0 Å². The lowest BCUT2D eigenvalue weighted by molar-refractivity contribution is 0.545. The third-order valence-corrected chi connectivity index (χ3v) is 1.81. The minimum atomic E-state index is 0.685. The van der Waals surface area contributed by atoms with E-state index in [1.165, 1.54) is 6.39 Å². The maximum absolute atomic E-state index is 5.15. The van der Waals surface area contributed by atoms with Gasteiger partial charge in [-0.2, -0.15) is 0 Å². The van der Waals surface area contributed by atoms with Crippen LogP contribution in [-0.4, -0.2) is 4.98 Å². The fourth-order valence-electron chi connectivity index (χ4n) is 0.878. The molecule has 0 aromatic carbocycles. The number of rotatable bonds is 3. The quantitative estimate of drug-likeness (QED) is 0.755. The Morgan fingerprint density at radius 2 is 2.31 bits per heavy atom. The lowest BCUT2D eigenvalue weighted by Gasteiger charge is -2.00. The molecule has 1 aromatic heterocycles. The lowest BCUT2D eigenvalue weighted by atomic mass is 10.1. The largest absolute Gasteiger partial charge is 0.443 e. The Morgan fingerprint density at radius 3 is 2.69 bits per heavy atom. The second-order valence-electron chi connectivity index (χ2n) is 2.67. The second-order valence-corrected chi connectivity index (χ2v) is 3.63. The molecular formula is C10H10BrNO. The first kappa shape index (κ1) is 9.99. The summed E-state index contributed by atoms with van der Waals surface area (Å²) in [5, 5.41) is 0. The third-order valence-electron chi connectivity index (χ3n) is 1.38. The van der Waals surface area contributed by atoms with E-state index in [4.69, 9.17) is 4.42 Å². The monoisotopic (exact) mass is 239 g/mol. The van der Waals surface area contributed by atoms with E-state index < -0.39 is 0 Å². The predicted octanol–water partition coefficient (Wildman–Crippen LogP) is 3.54. The molecule has 0 fully saturated rings. The van der Waals surface area contributed by atoms with Crippen LogP contribution in [0.4, 0.5) is 0 Å². The molecule has 0 radical (unpaired) electrons. The van der Waals surface area contributed by atoms with E-state index >= 15 is 0 Å². The first-order valence-corrected chi connectivity index (χ1v) is 4.51. The summed E-state index contributed by atoms with van der Waals surface area (Å²) in [6, 6.07) is 0. The molecule has 0 aliphatic rings. The van der Waals surface area contributed by atoms with Crippen LogP contribution in [0.3, 0.4) is 0 Å². The number of hydrogen-bond donors (Lipinski definition) is 0. The molecule has 68 valence electrons. The Kier molecular flexibility index (Phi) is 3.25. The van der Waals surface area contributed by atoms with Crippen LogP contribution in [0.25, 0.3) is 5.57 Å². The molecule has 0 saturated carbocycles. The number of oxazole rings is 1. The number of nitrogens with zero attached hydrogens (tertiary/aromatic N) is 1. The summed E-state index contributed by atoms with van der Waals surface area (Å²) in [7, 11) is 0. The van der Waals surface area contributed by atoms with Crippen LogP contribution < -0.4 is 0 Å². The minimum absolute atomic E-state index is 0.685. The van der Waals surface area contributed by atoms with Crippen molar-refractivity contribution in [1.29, 1.82) is 0 Å². The fraction of sp³-hybridized carbons (Fsp3) is 0.100. The molecule has 0 aliphatic heterocycles. The van der Waals surface area contributed by atoms with Crippen molar-refractivity contribution >= 4 is 21.5 Å². The second kappa shape index (κ2) is 4.23. The van der Waals surface area contributed by atoms with Crippen molar-refractivity contribution < 1.29 is 4.42 Å². The molecule has 1 rings (SSSR count). The van der Waals surface area contributed by atoms with Gasteiger partial charge in [0.2, 0.25) is 0 Å². The highest BCUT2D eigenvalue weighted by Crippen LogP contribution is 2.26. The van der Waals surface area contributed by atoms with Crippen LogP contribution >= 0.6 is 15.9 Å². The molecule has 0 spiro atoms. The first-order chi connectivity index (χ1) is 6.11. The maximum Gasteiger partial charge on any atom is 0.181 e. The zero-order chi connectivity index (χ0) is 9.84. The Morgan fingerprint density at radius 1 is 1.62 bits per heavy atom. The van der Waals surface area contributed by atoms with Crippen molar-refractivity contribution in [3.8, 4) is 0 Å². The van der Waals surface area contributed by atoms with Gasteiger partial charge in [0.15, 0.2) is 12.2 Å². The number of aromatic nitrogens is 1. The highest BCUT2D eigenvalue weighted by atomic mass is 79.9. The van der Waals surface area contributed by atoms with Gasteiger partial charge in [-0.25, -0.2) is 4.98 Å². The van der Waals surface area contributed by atoms with Gasteiger partial charge in [-0.3, -0.25) is 0 Å². The molecular weight excluding hydrogens is 230 g/mol. The average molecular weight is 240 g/mol. The van der Waals surface area contributed by atoms with Gasteiger partial charge in [-0.1, -0.05) is 34.7 Å². The van der Waals surface area contributed by atoms with E-state index in [-0.39, 0.29) is 0 Å². The van der Waals surface area contributed by atoms with Gasteiger partial charge >= 0.3 is 0 Å². The van der Waals surface area contributed by atoms with Crippen molar-refractivity contribution in [2.75, 3.05) is 0 Å². The van der Waals surface area contributed by atoms with Gasteiger partial charge in [0.25, 0.3) is 0 Å². The third kappa shape index (κ3) is 2.70. The van der Waals surface area contributed by atoms with E-state index in [9.17, 15) is 0 Å². The normalized spacial score (nSPS) is 11.4. The number of allylic oxidation sites excluding steroid dienone is 4. The summed E-state index contributed by atoms with van der Waals surface area (Å²) < 4.78 is 5.90. The van der Waals surface area contributed by atoms with Crippen molar-refractivity contribution in [2.45, 2.75) is 6.92 Å². The summed E-state index contributed by atoms with van der Waals surface area (Å²) in [4.78, 5) is 3.83. The van der Waals surface area contributed by atoms with Crippen LogP contribution in [0.15, 0.2) is 46.3 Å². The van der Waals surface area contributed by atoms with Crippen LogP contribution in [0, 0.1) is 0 Å². The molecule has 0 atom stereocenters. The standard InChI is InChI=1S/C10H10BrNO/c1-7(2)4-9(8(3)11)10-5-12-6-13-10/h4-6H,1,3H2,2H3/b9-4+. The molecule has 2 nitrogen and oxygen atoms in total. The highest BCUT2D eigenvalue weighted by molar-refractivity contribution is 9.12. The zero-order valence-corrected chi connectivity index (χ0v) is 8.97. The molecule has 0 saturated heterocycles. The van der Waals surface area contributed by atoms with Crippen molar-refractivity contribution in [3.63, 3.8) is 0 Å². The summed E-state index contributed by atoms with van der Waals surface area (Å²) >= 11 is 3.30. The molecule has 1 heterocycles. The first-order valence-electron chi connectivity index (χ1n) is 3.72. The van der Waals surface area contributed by atoms with E-state index in [0.717, 1.165) is 15.6 Å². The lowest BCUT2D eigenvalue weighted by Crippen LogP contribution is -1.80. The van der Waals surface area contributed by atoms with Gasteiger partial charge in [-0.05, 0) is 13.0 Å².